The first-order chi connectivity index (χ1) is 8.69. The molecule has 0 radical (unpaired) electrons. The van der Waals surface area contributed by atoms with Crippen LogP contribution in [-0.4, -0.2) is 28.8 Å². The van der Waals surface area contributed by atoms with E-state index in [1.54, 1.807) is 6.07 Å². The van der Waals surface area contributed by atoms with E-state index < -0.39 is 0 Å². The molecule has 0 spiro atoms. The molecule has 0 saturated heterocycles. The number of hydrogen-bond acceptors (Lipinski definition) is 3. The van der Waals surface area contributed by atoms with Gasteiger partial charge in [-0.3, -0.25) is 4.90 Å². The van der Waals surface area contributed by atoms with Gasteiger partial charge in [-0.2, -0.15) is 0 Å². The minimum absolute atomic E-state index is 0.368. The highest BCUT2D eigenvalue weighted by Gasteiger charge is 2.16. The zero-order valence-electron chi connectivity index (χ0n) is 11.1. The Morgan fingerprint density at radius 1 is 1.33 bits per heavy atom. The maximum Gasteiger partial charge on any atom is 0.115 e. The maximum absolute atomic E-state index is 9.45. The van der Waals surface area contributed by atoms with Crippen LogP contribution in [0.4, 0.5) is 0 Å². The predicted octanol–water partition coefficient (Wildman–Crippen LogP) is 2.96. The van der Waals surface area contributed by atoms with Crippen LogP contribution in [0.5, 0.6) is 5.75 Å². The fraction of sp³-hybridized carbons (Fsp3) is 0.533. The zero-order valence-corrected chi connectivity index (χ0v) is 11.1. The molecule has 0 unspecified atom stereocenters. The summed E-state index contributed by atoms with van der Waals surface area (Å²) < 4.78 is 0. The summed E-state index contributed by atoms with van der Waals surface area (Å²) in [6.07, 6.45) is 3.89. The molecule has 3 nitrogen and oxygen atoms in total. The van der Waals surface area contributed by atoms with Gasteiger partial charge in [-0.05, 0) is 42.5 Å². The van der Waals surface area contributed by atoms with Gasteiger partial charge < -0.3 is 10.5 Å². The van der Waals surface area contributed by atoms with Gasteiger partial charge in [0.2, 0.25) is 0 Å². The van der Waals surface area contributed by atoms with E-state index in [9.17, 15) is 5.11 Å². The molecule has 0 amide bonds. The van der Waals surface area contributed by atoms with Crippen molar-refractivity contribution in [2.45, 2.75) is 39.2 Å². The summed E-state index contributed by atoms with van der Waals surface area (Å²) in [5.74, 6) is 0.368. The molecule has 18 heavy (non-hydrogen) atoms. The van der Waals surface area contributed by atoms with E-state index in [2.05, 4.69) is 11.8 Å². The molecule has 0 atom stereocenters. The van der Waals surface area contributed by atoms with Crippen LogP contribution in [0, 0.1) is 5.41 Å². The maximum atomic E-state index is 9.45. The molecule has 2 N–H and O–H groups in total. The van der Waals surface area contributed by atoms with E-state index in [1.807, 2.05) is 12.1 Å². The van der Waals surface area contributed by atoms with Crippen molar-refractivity contribution in [3.8, 4) is 5.75 Å². The second-order valence-corrected chi connectivity index (χ2v) is 5.08. The Balaban J connectivity index is 1.88. The molecular formula is C15H22N2O. The van der Waals surface area contributed by atoms with E-state index in [1.165, 1.54) is 11.1 Å². The third-order valence-corrected chi connectivity index (χ3v) is 3.56. The summed E-state index contributed by atoms with van der Waals surface area (Å²) in [6, 6.07) is 5.67. The smallest absolute Gasteiger partial charge is 0.115 e. The topological polar surface area (TPSA) is 47.3 Å². The van der Waals surface area contributed by atoms with Crippen molar-refractivity contribution >= 4 is 5.71 Å². The Hall–Kier alpha value is -1.35. The third kappa shape index (κ3) is 3.33. The van der Waals surface area contributed by atoms with Gasteiger partial charge in [0.05, 0.1) is 0 Å². The summed E-state index contributed by atoms with van der Waals surface area (Å²) in [7, 11) is 0. The Morgan fingerprint density at radius 2 is 2.17 bits per heavy atom. The fourth-order valence-corrected chi connectivity index (χ4v) is 2.51. The minimum atomic E-state index is 0.368. The lowest BCUT2D eigenvalue weighted by atomic mass is 9.99. The summed E-state index contributed by atoms with van der Waals surface area (Å²) >= 11 is 0. The highest BCUT2D eigenvalue weighted by atomic mass is 16.3. The number of benzene rings is 1. The standard InChI is InChI=1S/C15H22N2O/c1-2-3-14(16)7-9-17-8-6-12-10-15(18)5-4-13(12)11-17/h4-5,10,16,18H,2-3,6-9,11H2,1H3. The van der Waals surface area contributed by atoms with E-state index >= 15 is 0 Å². The van der Waals surface area contributed by atoms with E-state index in [0.29, 0.717) is 5.75 Å². The molecule has 0 aliphatic carbocycles. The number of aromatic hydroxyl groups is 1. The molecule has 2 rings (SSSR count). The first-order valence-corrected chi connectivity index (χ1v) is 6.78. The summed E-state index contributed by atoms with van der Waals surface area (Å²) in [6.45, 7) is 5.10. The van der Waals surface area contributed by atoms with E-state index in [4.69, 9.17) is 5.41 Å². The molecule has 0 bridgehead atoms. The van der Waals surface area contributed by atoms with Crippen LogP contribution < -0.4 is 0 Å². The van der Waals surface area contributed by atoms with Crippen molar-refractivity contribution < 1.29 is 5.11 Å². The highest BCUT2D eigenvalue weighted by Crippen LogP contribution is 2.23. The number of phenols is 1. The number of nitrogens with zero attached hydrogens (tertiary/aromatic N) is 1. The number of rotatable bonds is 5. The lowest BCUT2D eigenvalue weighted by Crippen LogP contribution is -2.32. The monoisotopic (exact) mass is 246 g/mol. The molecule has 98 valence electrons. The minimum Gasteiger partial charge on any atom is -0.508 e. The number of nitrogens with one attached hydrogen (secondary N) is 1. The largest absolute Gasteiger partial charge is 0.508 e. The average molecular weight is 246 g/mol. The van der Waals surface area contributed by atoms with Gasteiger partial charge in [-0.1, -0.05) is 19.4 Å². The second-order valence-electron chi connectivity index (χ2n) is 5.08. The van der Waals surface area contributed by atoms with Gasteiger partial charge in [0, 0.05) is 25.3 Å². The third-order valence-electron chi connectivity index (χ3n) is 3.56. The predicted molar refractivity (Wildman–Crippen MR) is 74.3 cm³/mol. The first kappa shape index (κ1) is 13.1. The molecule has 1 heterocycles. The molecule has 1 aliphatic rings. The first-order valence-electron chi connectivity index (χ1n) is 6.78. The zero-order chi connectivity index (χ0) is 13.0. The average Bonchev–Trinajstić information content (AvgIpc) is 2.36. The van der Waals surface area contributed by atoms with Crippen molar-refractivity contribution in [2.24, 2.45) is 0 Å². The normalized spacial score (nSPS) is 15.4. The number of fused-ring (bicyclic) bond motifs is 1. The second kappa shape index (κ2) is 6.01. The van der Waals surface area contributed by atoms with Crippen LogP contribution in [0.3, 0.4) is 0 Å². The summed E-state index contributed by atoms with van der Waals surface area (Å²) in [4.78, 5) is 2.41. The molecular weight excluding hydrogens is 224 g/mol. The van der Waals surface area contributed by atoms with Gasteiger partial charge in [0.1, 0.15) is 5.75 Å². The molecule has 1 aliphatic heterocycles. The summed E-state index contributed by atoms with van der Waals surface area (Å²) in [5.41, 5.74) is 3.46. The molecule has 0 aromatic heterocycles. The van der Waals surface area contributed by atoms with Crippen molar-refractivity contribution in [1.29, 1.82) is 5.41 Å². The molecule has 0 saturated carbocycles. The van der Waals surface area contributed by atoms with E-state index in [-0.39, 0.29) is 0 Å². The van der Waals surface area contributed by atoms with Crippen molar-refractivity contribution in [2.75, 3.05) is 13.1 Å². The van der Waals surface area contributed by atoms with Crippen molar-refractivity contribution in [1.82, 2.24) is 4.90 Å². The highest BCUT2D eigenvalue weighted by molar-refractivity contribution is 5.81. The fourth-order valence-electron chi connectivity index (χ4n) is 2.51. The molecule has 1 aromatic rings. The van der Waals surface area contributed by atoms with Crippen LogP contribution in [0.2, 0.25) is 0 Å². The lowest BCUT2D eigenvalue weighted by molar-refractivity contribution is 0.260. The van der Waals surface area contributed by atoms with Gasteiger partial charge >= 0.3 is 0 Å². The van der Waals surface area contributed by atoms with Gasteiger partial charge in [-0.15, -0.1) is 0 Å². The Morgan fingerprint density at radius 3 is 2.94 bits per heavy atom. The number of hydrogen-bond donors (Lipinski definition) is 2. The molecule has 0 fully saturated rings. The Bertz CT molecular complexity index is 429. The van der Waals surface area contributed by atoms with Crippen LogP contribution in [0.25, 0.3) is 0 Å². The van der Waals surface area contributed by atoms with Crippen molar-refractivity contribution in [3.05, 3.63) is 29.3 Å². The van der Waals surface area contributed by atoms with Crippen molar-refractivity contribution in [3.63, 3.8) is 0 Å². The van der Waals surface area contributed by atoms with Crippen LogP contribution in [-0.2, 0) is 13.0 Å². The van der Waals surface area contributed by atoms with Gasteiger partial charge in [-0.25, -0.2) is 0 Å². The lowest BCUT2D eigenvalue weighted by Gasteiger charge is -2.28. The number of phenolic OH excluding ortho intramolecular Hbond substituents is 1. The van der Waals surface area contributed by atoms with Crippen LogP contribution in [0.1, 0.15) is 37.3 Å². The van der Waals surface area contributed by atoms with E-state index in [0.717, 1.165) is 51.0 Å². The Kier molecular flexibility index (Phi) is 4.37. The quantitative estimate of drug-likeness (QED) is 0.785. The molecule has 3 heteroatoms. The van der Waals surface area contributed by atoms with Gasteiger partial charge in [0.25, 0.3) is 0 Å². The van der Waals surface area contributed by atoms with Gasteiger partial charge in [0.15, 0.2) is 0 Å². The SMILES string of the molecule is CCCC(=N)CCN1CCc2cc(O)ccc2C1. The molecule has 1 aromatic carbocycles. The summed E-state index contributed by atoms with van der Waals surface area (Å²) in [5, 5.41) is 17.3. The van der Waals surface area contributed by atoms with Crippen LogP contribution >= 0.6 is 0 Å². The Labute approximate surface area is 109 Å². The van der Waals surface area contributed by atoms with Crippen LogP contribution in [0.15, 0.2) is 18.2 Å².